The van der Waals surface area contributed by atoms with E-state index in [1.807, 2.05) is 57.3 Å². The maximum Gasteiger partial charge on any atom is 0.225 e. The summed E-state index contributed by atoms with van der Waals surface area (Å²) in [5.74, 6) is 2.79. The number of anilines is 3. The average Bonchev–Trinajstić information content (AvgIpc) is 2.99. The minimum atomic E-state index is 0.413. The second-order valence-corrected chi connectivity index (χ2v) is 8.38. The van der Waals surface area contributed by atoms with Crippen LogP contribution in [-0.2, 0) is 17.7 Å². The Balaban J connectivity index is 0.00000164. The second-order valence-electron chi connectivity index (χ2n) is 8.38. The molecule has 0 bridgehead atoms. The summed E-state index contributed by atoms with van der Waals surface area (Å²) in [5.41, 5.74) is 3.91. The molecule has 38 heavy (non-hydrogen) atoms. The van der Waals surface area contributed by atoms with Gasteiger partial charge in [-0.25, -0.2) is 19.9 Å². The van der Waals surface area contributed by atoms with Crippen molar-refractivity contribution in [3.05, 3.63) is 54.0 Å². The lowest BCUT2D eigenvalue weighted by Gasteiger charge is -2.34. The van der Waals surface area contributed by atoms with Gasteiger partial charge in [0.1, 0.15) is 5.82 Å². The van der Waals surface area contributed by atoms with E-state index in [4.69, 9.17) is 20.0 Å². The summed E-state index contributed by atoms with van der Waals surface area (Å²) in [5, 5.41) is 14.6. The van der Waals surface area contributed by atoms with E-state index in [2.05, 4.69) is 35.4 Å². The molecule has 1 fully saturated rings. The van der Waals surface area contributed by atoms with Gasteiger partial charge in [-0.2, -0.15) is 5.26 Å². The van der Waals surface area contributed by atoms with Crippen molar-refractivity contribution in [1.82, 2.24) is 25.3 Å². The molecule has 0 saturated carbocycles. The molecule has 0 amide bonds. The number of guanidine groups is 1. The van der Waals surface area contributed by atoms with E-state index in [1.54, 1.807) is 12.4 Å². The number of fused-ring (bicyclic) bond motifs is 1. The number of aliphatic imine (C=N–C) groups is 1. The number of nitrogens with zero attached hydrogens (tertiary/aromatic N) is 8. The van der Waals surface area contributed by atoms with Gasteiger partial charge in [0.25, 0.3) is 0 Å². The zero-order valence-corrected chi connectivity index (χ0v) is 22.2. The molecule has 1 saturated heterocycles. The van der Waals surface area contributed by atoms with Crippen LogP contribution >= 0.6 is 0 Å². The highest BCUT2D eigenvalue weighted by atomic mass is 16.5. The lowest BCUT2D eigenvalue weighted by Crippen LogP contribution is -2.39. The van der Waals surface area contributed by atoms with Crippen LogP contribution in [0.1, 0.15) is 32.0 Å². The van der Waals surface area contributed by atoms with Gasteiger partial charge in [0.05, 0.1) is 25.5 Å². The number of nitriles is 1. The van der Waals surface area contributed by atoms with Gasteiger partial charge in [0, 0.05) is 55.4 Å². The van der Waals surface area contributed by atoms with Crippen LogP contribution in [0.15, 0.2) is 47.7 Å². The predicted molar refractivity (Wildman–Crippen MR) is 149 cm³/mol. The van der Waals surface area contributed by atoms with Gasteiger partial charge in [0.2, 0.25) is 11.9 Å². The Morgan fingerprint density at radius 1 is 1.05 bits per heavy atom. The lowest BCUT2D eigenvalue weighted by atomic mass is 10.0. The van der Waals surface area contributed by atoms with Crippen molar-refractivity contribution < 1.29 is 4.74 Å². The topological polar surface area (TPSA) is 127 Å². The fourth-order valence-corrected chi connectivity index (χ4v) is 4.36. The van der Waals surface area contributed by atoms with Crippen LogP contribution in [0.5, 0.6) is 0 Å². The molecular formula is C27H34N10O. The highest BCUT2D eigenvalue weighted by Gasteiger charge is 2.27. The summed E-state index contributed by atoms with van der Waals surface area (Å²) >= 11 is 0. The van der Waals surface area contributed by atoms with Gasteiger partial charge < -0.3 is 19.9 Å². The Hall–Kier alpha value is -4.30. The van der Waals surface area contributed by atoms with E-state index in [0.717, 1.165) is 48.8 Å². The van der Waals surface area contributed by atoms with E-state index in [9.17, 15) is 0 Å². The number of hydrogen-bond donors (Lipinski definition) is 2. The van der Waals surface area contributed by atoms with E-state index < -0.39 is 0 Å². The van der Waals surface area contributed by atoms with Crippen LogP contribution in [0.3, 0.4) is 0 Å². The summed E-state index contributed by atoms with van der Waals surface area (Å²) in [6.45, 7) is 10.9. The molecule has 0 aliphatic carbocycles. The number of aromatic nitrogens is 4. The van der Waals surface area contributed by atoms with E-state index in [-0.39, 0.29) is 0 Å². The monoisotopic (exact) mass is 514 g/mol. The lowest BCUT2D eigenvalue weighted by molar-refractivity contribution is 0.122. The molecule has 0 atom stereocenters. The molecule has 1 aromatic carbocycles. The number of morpholine rings is 1. The Kier molecular flexibility index (Phi) is 9.37. The number of benzene rings is 1. The first-order chi connectivity index (χ1) is 18.7. The SMILES string of the molecule is CC.CCN=C(NC#N)Nc1ccc(-c2nc3c(c(N4CCOCC4)n2)CCN(c2ncccn2)C3)cc1. The van der Waals surface area contributed by atoms with Crippen molar-refractivity contribution in [2.45, 2.75) is 33.7 Å². The van der Waals surface area contributed by atoms with Crippen LogP contribution < -0.4 is 20.4 Å². The molecule has 4 heterocycles. The molecule has 5 rings (SSSR count). The van der Waals surface area contributed by atoms with Gasteiger partial charge in [-0.15, -0.1) is 0 Å². The quantitative estimate of drug-likeness (QED) is 0.227. The predicted octanol–water partition coefficient (Wildman–Crippen LogP) is 3.22. The average molecular weight is 515 g/mol. The number of rotatable bonds is 5. The first kappa shape index (κ1) is 26.8. The van der Waals surface area contributed by atoms with Gasteiger partial charge in [-0.05, 0) is 43.7 Å². The number of ether oxygens (including phenoxy) is 1. The minimum absolute atomic E-state index is 0.413. The third-order valence-electron chi connectivity index (χ3n) is 6.09. The van der Waals surface area contributed by atoms with Gasteiger partial charge >= 0.3 is 0 Å². The third kappa shape index (κ3) is 6.33. The summed E-state index contributed by atoms with van der Waals surface area (Å²) in [4.78, 5) is 27.6. The summed E-state index contributed by atoms with van der Waals surface area (Å²) in [6, 6.07) is 9.64. The summed E-state index contributed by atoms with van der Waals surface area (Å²) in [6.07, 6.45) is 6.26. The zero-order chi connectivity index (χ0) is 26.7. The highest BCUT2D eigenvalue weighted by Crippen LogP contribution is 2.31. The van der Waals surface area contributed by atoms with Crippen molar-refractivity contribution in [3.8, 4) is 17.6 Å². The minimum Gasteiger partial charge on any atom is -0.378 e. The Bertz CT molecular complexity index is 1250. The van der Waals surface area contributed by atoms with Gasteiger partial charge in [-0.3, -0.25) is 10.3 Å². The fourth-order valence-electron chi connectivity index (χ4n) is 4.36. The molecule has 2 aromatic heterocycles. The molecule has 11 nitrogen and oxygen atoms in total. The molecule has 0 spiro atoms. The molecule has 3 aromatic rings. The highest BCUT2D eigenvalue weighted by molar-refractivity contribution is 5.94. The fraction of sp³-hybridized carbons (Fsp3) is 0.407. The largest absolute Gasteiger partial charge is 0.378 e. The zero-order valence-electron chi connectivity index (χ0n) is 22.2. The van der Waals surface area contributed by atoms with Crippen molar-refractivity contribution in [2.24, 2.45) is 4.99 Å². The van der Waals surface area contributed by atoms with Crippen LogP contribution in [0.25, 0.3) is 11.4 Å². The van der Waals surface area contributed by atoms with E-state index in [1.165, 1.54) is 5.56 Å². The molecule has 198 valence electrons. The molecule has 11 heteroatoms. The molecular weight excluding hydrogens is 480 g/mol. The molecule has 0 radical (unpaired) electrons. The molecule has 2 aliphatic heterocycles. The van der Waals surface area contributed by atoms with Gasteiger partial charge in [-0.1, -0.05) is 13.8 Å². The number of nitrogens with one attached hydrogen (secondary N) is 2. The van der Waals surface area contributed by atoms with Crippen LogP contribution in [0.4, 0.5) is 17.5 Å². The maximum atomic E-state index is 8.93. The first-order valence-corrected chi connectivity index (χ1v) is 13.1. The molecule has 0 unspecified atom stereocenters. The van der Waals surface area contributed by atoms with Crippen LogP contribution in [0, 0.1) is 11.5 Å². The van der Waals surface area contributed by atoms with Crippen molar-refractivity contribution in [3.63, 3.8) is 0 Å². The first-order valence-electron chi connectivity index (χ1n) is 13.1. The normalized spacial score (nSPS) is 15.1. The molecule has 2 N–H and O–H groups in total. The Morgan fingerprint density at radius 2 is 1.79 bits per heavy atom. The Labute approximate surface area is 223 Å². The third-order valence-corrected chi connectivity index (χ3v) is 6.09. The van der Waals surface area contributed by atoms with Crippen molar-refractivity contribution >= 4 is 23.4 Å². The van der Waals surface area contributed by atoms with Gasteiger partial charge in [0.15, 0.2) is 12.0 Å². The maximum absolute atomic E-state index is 8.93. The summed E-state index contributed by atoms with van der Waals surface area (Å²) < 4.78 is 5.58. The standard InChI is InChI=1S/C25H28N10O.C2H6/c1-2-27-24(30-17-26)31-19-6-4-18(5-7-19)22-32-21-16-35(25-28-9-3-10-29-25)11-8-20(21)23(33-22)34-12-14-36-15-13-34;1-2/h3-7,9-10H,2,8,11-16H2,1H3,(H2,27,30,31);1-2H3. The summed E-state index contributed by atoms with van der Waals surface area (Å²) in [7, 11) is 0. The van der Waals surface area contributed by atoms with Crippen LogP contribution in [-0.4, -0.2) is 65.3 Å². The van der Waals surface area contributed by atoms with Crippen molar-refractivity contribution in [2.75, 3.05) is 54.5 Å². The number of hydrogen-bond acceptors (Lipinski definition) is 9. The Morgan fingerprint density at radius 3 is 2.47 bits per heavy atom. The smallest absolute Gasteiger partial charge is 0.225 e. The van der Waals surface area contributed by atoms with Crippen molar-refractivity contribution in [1.29, 1.82) is 5.26 Å². The van der Waals surface area contributed by atoms with E-state index in [0.29, 0.717) is 44.0 Å². The van der Waals surface area contributed by atoms with Crippen LogP contribution in [0.2, 0.25) is 0 Å². The second kappa shape index (κ2) is 13.3. The van der Waals surface area contributed by atoms with E-state index >= 15 is 0 Å². The molecule has 2 aliphatic rings.